The van der Waals surface area contributed by atoms with Crippen LogP contribution in [0.3, 0.4) is 0 Å². The van der Waals surface area contributed by atoms with Crippen LogP contribution in [0, 0.1) is 6.07 Å². The second-order valence-electron chi connectivity index (χ2n) is 1.43. The molecule has 0 aromatic carbocycles. The number of hydrogen-bond donors (Lipinski definition) is 0. The molecule has 0 atom stereocenters. The Morgan fingerprint density at radius 2 is 2.40 bits per heavy atom. The minimum atomic E-state index is 0. The van der Waals surface area contributed by atoms with Gasteiger partial charge in [-0.3, -0.25) is 4.98 Å². The Kier molecular flexibility index (Phi) is 4.55. The van der Waals surface area contributed by atoms with E-state index in [-0.39, 0.29) is 18.9 Å². The molecule has 10 heavy (non-hydrogen) atoms. The van der Waals surface area contributed by atoms with Gasteiger partial charge >= 0.3 is 18.9 Å². The molecule has 0 spiro atoms. The van der Waals surface area contributed by atoms with Crippen LogP contribution in [-0.2, 0) is 0 Å². The van der Waals surface area contributed by atoms with E-state index in [4.69, 9.17) is 16.3 Å². The summed E-state index contributed by atoms with van der Waals surface area (Å²) in [6.07, 6.45) is 1.57. The smallest absolute Gasteiger partial charge is 0.534 e. The van der Waals surface area contributed by atoms with Gasteiger partial charge in [0.25, 0.3) is 0 Å². The van der Waals surface area contributed by atoms with Crippen LogP contribution in [0.15, 0.2) is 12.3 Å². The molecule has 48 valence electrons. The first-order valence-corrected chi connectivity index (χ1v) is 2.78. The molecule has 0 N–H and O–H groups in total. The molecule has 0 bridgehead atoms. The fourth-order valence-corrected chi connectivity index (χ4v) is 0.615. The topological polar surface area (TPSA) is 22.1 Å². The molecule has 0 saturated carbocycles. The summed E-state index contributed by atoms with van der Waals surface area (Å²) in [4.78, 5) is 3.72. The van der Waals surface area contributed by atoms with Gasteiger partial charge in [0.1, 0.15) is 0 Å². The third kappa shape index (κ3) is 2.61. The van der Waals surface area contributed by atoms with Gasteiger partial charge in [-0.05, 0) is 5.75 Å². The van der Waals surface area contributed by atoms with Gasteiger partial charge in [0.05, 0.1) is 7.11 Å². The maximum absolute atomic E-state index is 5.48. The SMILES string of the molecule is COc1[c-]c(Cl)ncc1.[Li+]. The van der Waals surface area contributed by atoms with E-state index >= 15 is 0 Å². The Bertz CT molecular complexity index is 207. The van der Waals surface area contributed by atoms with Gasteiger partial charge < -0.3 is 4.74 Å². The van der Waals surface area contributed by atoms with Gasteiger partial charge in [0, 0.05) is 5.15 Å². The molecule has 2 nitrogen and oxygen atoms in total. The van der Waals surface area contributed by atoms with Crippen LogP contribution in [0.1, 0.15) is 0 Å². The summed E-state index contributed by atoms with van der Waals surface area (Å²) < 4.78 is 4.81. The van der Waals surface area contributed by atoms with Crippen molar-refractivity contribution in [3.8, 4) is 5.75 Å². The fourth-order valence-electron chi connectivity index (χ4n) is 0.465. The molecule has 1 aromatic rings. The third-order valence-electron chi connectivity index (χ3n) is 0.860. The normalized spacial score (nSPS) is 8.20. The third-order valence-corrected chi connectivity index (χ3v) is 1.05. The molecule has 0 aliphatic carbocycles. The minimum Gasteiger partial charge on any atom is -0.534 e. The van der Waals surface area contributed by atoms with Crippen molar-refractivity contribution in [1.82, 2.24) is 4.98 Å². The van der Waals surface area contributed by atoms with Crippen LogP contribution >= 0.6 is 11.6 Å². The molecule has 0 unspecified atom stereocenters. The first-order chi connectivity index (χ1) is 4.33. The number of ether oxygens (including phenoxy) is 1. The number of aromatic nitrogens is 1. The molecule has 0 radical (unpaired) electrons. The monoisotopic (exact) mass is 149 g/mol. The minimum absolute atomic E-state index is 0. The van der Waals surface area contributed by atoms with Crippen LogP contribution < -0.4 is 23.6 Å². The maximum Gasteiger partial charge on any atom is 1.00 e. The van der Waals surface area contributed by atoms with Crippen LogP contribution in [0.25, 0.3) is 0 Å². The van der Waals surface area contributed by atoms with Crippen LogP contribution in [-0.4, -0.2) is 12.1 Å². The zero-order valence-electron chi connectivity index (χ0n) is 5.89. The zero-order valence-corrected chi connectivity index (χ0v) is 6.64. The zero-order chi connectivity index (χ0) is 6.69. The molecular weight excluding hydrogens is 144 g/mol. The Morgan fingerprint density at radius 1 is 1.70 bits per heavy atom. The molecular formula is C6H5ClLiNO. The van der Waals surface area contributed by atoms with Gasteiger partial charge in [0.15, 0.2) is 0 Å². The summed E-state index contributed by atoms with van der Waals surface area (Å²) in [5.41, 5.74) is 0. The van der Waals surface area contributed by atoms with Crippen molar-refractivity contribution in [3.05, 3.63) is 23.5 Å². The van der Waals surface area contributed by atoms with Crippen molar-refractivity contribution >= 4 is 11.6 Å². The Hall–Kier alpha value is -0.163. The second kappa shape index (κ2) is 4.62. The average molecular weight is 150 g/mol. The van der Waals surface area contributed by atoms with Crippen LogP contribution in [0.5, 0.6) is 5.75 Å². The van der Waals surface area contributed by atoms with E-state index in [0.717, 1.165) is 0 Å². The molecule has 0 aliphatic rings. The number of rotatable bonds is 1. The van der Waals surface area contributed by atoms with Crippen LogP contribution in [0.2, 0.25) is 5.15 Å². The Morgan fingerprint density at radius 3 is 2.80 bits per heavy atom. The summed E-state index contributed by atoms with van der Waals surface area (Å²) >= 11 is 5.48. The number of nitrogens with zero attached hydrogens (tertiary/aromatic N) is 1. The number of pyridine rings is 1. The van der Waals surface area contributed by atoms with Crippen molar-refractivity contribution in [2.24, 2.45) is 0 Å². The Balaban J connectivity index is 0.000000810. The molecule has 1 heterocycles. The molecule has 0 aliphatic heterocycles. The van der Waals surface area contributed by atoms with Gasteiger partial charge in [-0.1, -0.05) is 17.8 Å². The first kappa shape index (κ1) is 9.84. The molecule has 0 fully saturated rings. The molecule has 0 saturated heterocycles. The van der Waals surface area contributed by atoms with E-state index in [1.54, 1.807) is 19.4 Å². The van der Waals surface area contributed by atoms with E-state index in [1.165, 1.54) is 0 Å². The largest absolute Gasteiger partial charge is 1.00 e. The van der Waals surface area contributed by atoms with E-state index < -0.39 is 0 Å². The van der Waals surface area contributed by atoms with Crippen molar-refractivity contribution in [3.63, 3.8) is 0 Å². The summed E-state index contributed by atoms with van der Waals surface area (Å²) in [6.45, 7) is 0. The molecule has 0 amide bonds. The number of methoxy groups -OCH3 is 1. The van der Waals surface area contributed by atoms with E-state index in [9.17, 15) is 0 Å². The van der Waals surface area contributed by atoms with E-state index in [1.807, 2.05) is 0 Å². The molecule has 1 rings (SSSR count). The van der Waals surface area contributed by atoms with E-state index in [0.29, 0.717) is 10.9 Å². The fraction of sp³-hybridized carbons (Fsp3) is 0.167. The summed E-state index contributed by atoms with van der Waals surface area (Å²) in [6, 6.07) is 4.38. The van der Waals surface area contributed by atoms with Crippen molar-refractivity contribution in [2.75, 3.05) is 7.11 Å². The first-order valence-electron chi connectivity index (χ1n) is 2.41. The molecule has 1 aromatic heterocycles. The van der Waals surface area contributed by atoms with Crippen molar-refractivity contribution in [1.29, 1.82) is 0 Å². The average Bonchev–Trinajstić information content (AvgIpc) is 1.88. The quantitative estimate of drug-likeness (QED) is 0.277. The second-order valence-corrected chi connectivity index (χ2v) is 1.79. The summed E-state index contributed by atoms with van der Waals surface area (Å²) in [7, 11) is 1.56. The summed E-state index contributed by atoms with van der Waals surface area (Å²) in [5.74, 6) is 0.606. The van der Waals surface area contributed by atoms with Crippen LogP contribution in [0.4, 0.5) is 0 Å². The standard InChI is InChI=1S/C6H5ClNO.Li/c1-9-5-2-3-8-6(7)4-5;/h2-3H,1H3;/q-1;+1. The van der Waals surface area contributed by atoms with E-state index in [2.05, 4.69) is 11.1 Å². The number of halogens is 1. The van der Waals surface area contributed by atoms with Gasteiger partial charge in [-0.2, -0.15) is 12.1 Å². The summed E-state index contributed by atoms with van der Waals surface area (Å²) in [5, 5.41) is 0.328. The van der Waals surface area contributed by atoms with Gasteiger partial charge in [0.2, 0.25) is 0 Å². The van der Waals surface area contributed by atoms with Gasteiger partial charge in [-0.15, -0.1) is 0 Å². The Labute approximate surface area is 76.7 Å². The maximum atomic E-state index is 5.48. The predicted molar refractivity (Wildman–Crippen MR) is 34.6 cm³/mol. The number of hydrogen-bond acceptors (Lipinski definition) is 2. The van der Waals surface area contributed by atoms with Crippen molar-refractivity contribution in [2.45, 2.75) is 0 Å². The van der Waals surface area contributed by atoms with Crippen molar-refractivity contribution < 1.29 is 23.6 Å². The predicted octanol–water partition coefficient (Wildman–Crippen LogP) is -1.45. The van der Waals surface area contributed by atoms with Gasteiger partial charge in [-0.25, -0.2) is 0 Å². The molecule has 4 heteroatoms.